The van der Waals surface area contributed by atoms with Gasteiger partial charge in [-0.25, -0.2) is 14.4 Å². The first-order valence-electron chi connectivity index (χ1n) is 14.8. The van der Waals surface area contributed by atoms with Crippen LogP contribution in [-0.2, 0) is 19.1 Å². The van der Waals surface area contributed by atoms with Crippen LogP contribution in [0.4, 0.5) is 29.2 Å². The van der Waals surface area contributed by atoms with Gasteiger partial charge in [-0.05, 0) is 61.9 Å². The number of fused-ring (bicyclic) bond motifs is 1. The molecule has 6 rings (SSSR count). The van der Waals surface area contributed by atoms with E-state index < -0.39 is 23.5 Å². The Bertz CT molecular complexity index is 1660. The maximum Gasteiger partial charge on any atom is 0.419 e. The normalized spacial score (nSPS) is 21.4. The Labute approximate surface area is 258 Å². The van der Waals surface area contributed by atoms with Crippen molar-refractivity contribution in [3.05, 3.63) is 75.9 Å². The third kappa shape index (κ3) is 6.05. The summed E-state index contributed by atoms with van der Waals surface area (Å²) in [7, 11) is 5.05. The van der Waals surface area contributed by atoms with E-state index >= 15 is 4.39 Å². The highest BCUT2D eigenvalue weighted by Crippen LogP contribution is 2.45. The number of nitrogens with one attached hydrogen (secondary N) is 2. The zero-order chi connectivity index (χ0) is 32.1. The fourth-order valence-corrected chi connectivity index (χ4v) is 6.99. The molecule has 9 nitrogen and oxygen atoms in total. The minimum atomic E-state index is -4.75. The van der Waals surface area contributed by atoms with Gasteiger partial charge in [-0.15, -0.1) is 0 Å². The molecule has 2 atom stereocenters. The van der Waals surface area contributed by atoms with Crippen molar-refractivity contribution >= 4 is 23.5 Å². The molecule has 0 radical (unpaired) electrons. The quantitative estimate of drug-likeness (QED) is 0.350. The Morgan fingerprint density at radius 3 is 2.71 bits per heavy atom. The average molecular weight is 627 g/mol. The lowest BCUT2D eigenvalue weighted by Gasteiger charge is -2.23. The molecule has 0 bridgehead atoms. The van der Waals surface area contributed by atoms with Crippen molar-refractivity contribution in [2.45, 2.75) is 50.9 Å². The van der Waals surface area contributed by atoms with Crippen LogP contribution in [0.5, 0.6) is 5.75 Å². The lowest BCUT2D eigenvalue weighted by molar-refractivity contribution is -0.138. The average Bonchev–Trinajstić information content (AvgIpc) is 3.64. The molecule has 3 heterocycles. The second-order valence-electron chi connectivity index (χ2n) is 12.4. The number of amides is 2. The van der Waals surface area contributed by atoms with Gasteiger partial charge in [0, 0.05) is 50.4 Å². The van der Waals surface area contributed by atoms with Crippen molar-refractivity contribution in [2.24, 2.45) is 5.41 Å². The maximum atomic E-state index is 15.3. The van der Waals surface area contributed by atoms with Gasteiger partial charge >= 0.3 is 6.18 Å². The molecule has 3 aliphatic rings. The highest BCUT2D eigenvalue weighted by Gasteiger charge is 2.43. The van der Waals surface area contributed by atoms with Crippen molar-refractivity contribution < 1.29 is 31.9 Å². The third-order valence-electron chi connectivity index (χ3n) is 9.18. The van der Waals surface area contributed by atoms with E-state index in [1.807, 2.05) is 0 Å². The van der Waals surface area contributed by atoms with Crippen LogP contribution in [0.2, 0.25) is 0 Å². The summed E-state index contributed by atoms with van der Waals surface area (Å²) in [4.78, 5) is 37.6. The Morgan fingerprint density at radius 1 is 1.20 bits per heavy atom. The van der Waals surface area contributed by atoms with Crippen LogP contribution in [0.25, 0.3) is 0 Å². The van der Waals surface area contributed by atoms with Gasteiger partial charge in [0.1, 0.15) is 11.6 Å². The van der Waals surface area contributed by atoms with E-state index in [9.17, 15) is 22.8 Å². The molecular weight excluding hydrogens is 592 g/mol. The van der Waals surface area contributed by atoms with E-state index in [1.165, 1.54) is 18.1 Å². The van der Waals surface area contributed by atoms with Gasteiger partial charge < -0.3 is 25.2 Å². The molecule has 238 valence electrons. The highest BCUT2D eigenvalue weighted by molar-refractivity contribution is 5.99. The number of likely N-dealkylation sites (tertiary alicyclic amines) is 1. The number of alkyl halides is 3. The molecule has 3 aromatic rings. The maximum absolute atomic E-state index is 15.3. The van der Waals surface area contributed by atoms with Crippen LogP contribution >= 0.6 is 0 Å². The number of nitrogens with zero attached hydrogens (tertiary/aromatic N) is 4. The molecule has 45 heavy (non-hydrogen) atoms. The minimum absolute atomic E-state index is 0.0310. The topological polar surface area (TPSA) is 99.7 Å². The van der Waals surface area contributed by atoms with E-state index in [0.717, 1.165) is 50.4 Å². The van der Waals surface area contributed by atoms with Gasteiger partial charge in [-0.3, -0.25) is 9.59 Å². The van der Waals surface area contributed by atoms with E-state index in [4.69, 9.17) is 4.74 Å². The lowest BCUT2D eigenvalue weighted by atomic mass is 9.85. The summed E-state index contributed by atoms with van der Waals surface area (Å²) in [6.07, 6.45) is -0.631. The molecule has 2 aliphatic heterocycles. The zero-order valence-corrected chi connectivity index (χ0v) is 25.2. The number of carbonyl (C=O) groups is 2. The number of benzene rings is 2. The van der Waals surface area contributed by atoms with Crippen molar-refractivity contribution in [3.63, 3.8) is 0 Å². The molecule has 1 aliphatic carbocycles. The summed E-state index contributed by atoms with van der Waals surface area (Å²) in [6, 6.07) is 7.29. The predicted molar refractivity (Wildman–Crippen MR) is 158 cm³/mol. The summed E-state index contributed by atoms with van der Waals surface area (Å²) in [5, 5.41) is 5.71. The van der Waals surface area contributed by atoms with Crippen molar-refractivity contribution in [1.29, 1.82) is 0 Å². The Hall–Kier alpha value is -4.26. The van der Waals surface area contributed by atoms with Gasteiger partial charge in [-0.2, -0.15) is 13.2 Å². The van der Waals surface area contributed by atoms with Gasteiger partial charge in [0.2, 0.25) is 5.95 Å². The SMILES string of the molecule is COc1cc(C(=O)NC2CCC3(CCN(C)C3)C2)c(F)cc1Nc1ncc(C(F)(F)F)c(Cc2cccc3c2C(=O)N(C)C3)n1. The zero-order valence-electron chi connectivity index (χ0n) is 25.2. The van der Waals surface area contributed by atoms with Crippen LogP contribution in [-0.4, -0.2) is 71.9 Å². The minimum Gasteiger partial charge on any atom is -0.495 e. The van der Waals surface area contributed by atoms with Crippen LogP contribution in [0, 0.1) is 11.2 Å². The monoisotopic (exact) mass is 626 g/mol. The van der Waals surface area contributed by atoms with Crippen molar-refractivity contribution in [1.82, 2.24) is 25.1 Å². The summed E-state index contributed by atoms with van der Waals surface area (Å²) >= 11 is 0. The van der Waals surface area contributed by atoms with Crippen LogP contribution in [0.1, 0.15) is 68.8 Å². The molecule has 2 unspecified atom stereocenters. The van der Waals surface area contributed by atoms with E-state index in [1.54, 1.807) is 25.2 Å². The Morgan fingerprint density at radius 2 is 2.00 bits per heavy atom. The third-order valence-corrected chi connectivity index (χ3v) is 9.18. The lowest BCUT2D eigenvalue weighted by Crippen LogP contribution is -2.35. The Kier molecular flexibility index (Phi) is 7.92. The molecular formula is C32H34F4N6O3. The summed E-state index contributed by atoms with van der Waals surface area (Å²) in [5.41, 5.74) is 0.104. The van der Waals surface area contributed by atoms with Gasteiger partial charge in [-0.1, -0.05) is 18.2 Å². The molecule has 2 fully saturated rings. The van der Waals surface area contributed by atoms with E-state index in [-0.39, 0.29) is 52.4 Å². The number of hydrogen-bond donors (Lipinski definition) is 2. The fraction of sp³-hybridized carbons (Fsp3) is 0.438. The first-order valence-corrected chi connectivity index (χ1v) is 14.8. The van der Waals surface area contributed by atoms with Crippen LogP contribution in [0.3, 0.4) is 0 Å². The highest BCUT2D eigenvalue weighted by atomic mass is 19.4. The first kappa shape index (κ1) is 30.8. The summed E-state index contributed by atoms with van der Waals surface area (Å²) < 4.78 is 62.7. The summed E-state index contributed by atoms with van der Waals surface area (Å²) in [5.74, 6) is -1.82. The van der Waals surface area contributed by atoms with Gasteiger partial charge in [0.25, 0.3) is 11.8 Å². The standard InChI is InChI=1S/C32H34F4N6O3/c1-41-10-9-31(17-41)8-7-20(14-31)38-28(43)21-12-26(45-3)25(13-23(21)33)40-30-37-15-22(32(34,35)36)24(39-30)11-18-5-4-6-19-16-42(2)29(44)27(18)19/h4-6,12-13,15,20H,7-11,14,16-17H2,1-3H3,(H,38,43)(H,37,39,40). The van der Waals surface area contributed by atoms with Crippen molar-refractivity contribution in [2.75, 3.05) is 39.6 Å². The number of anilines is 2. The van der Waals surface area contributed by atoms with Crippen LogP contribution < -0.4 is 15.4 Å². The number of methoxy groups -OCH3 is 1. The molecule has 13 heteroatoms. The largest absolute Gasteiger partial charge is 0.495 e. The smallest absolute Gasteiger partial charge is 0.419 e. The molecule has 2 aromatic carbocycles. The molecule has 1 saturated heterocycles. The number of rotatable bonds is 7. The number of halogens is 4. The van der Waals surface area contributed by atoms with Crippen molar-refractivity contribution in [3.8, 4) is 5.75 Å². The predicted octanol–water partition coefficient (Wildman–Crippen LogP) is 5.17. The van der Waals surface area contributed by atoms with E-state index in [2.05, 4.69) is 32.5 Å². The van der Waals surface area contributed by atoms with Gasteiger partial charge in [0.05, 0.1) is 29.6 Å². The summed E-state index contributed by atoms with van der Waals surface area (Å²) in [6.45, 7) is 2.37. The first-order chi connectivity index (χ1) is 21.4. The molecule has 2 amide bonds. The number of aromatic nitrogens is 2. The molecule has 1 saturated carbocycles. The fourth-order valence-electron chi connectivity index (χ4n) is 6.99. The van der Waals surface area contributed by atoms with Gasteiger partial charge in [0.15, 0.2) is 0 Å². The second-order valence-corrected chi connectivity index (χ2v) is 12.4. The molecule has 1 aromatic heterocycles. The van der Waals surface area contributed by atoms with E-state index in [0.29, 0.717) is 23.9 Å². The molecule has 2 N–H and O–H groups in total. The Balaban J connectivity index is 1.24. The number of hydrogen-bond acceptors (Lipinski definition) is 7. The van der Waals surface area contributed by atoms with Crippen LogP contribution in [0.15, 0.2) is 36.5 Å². The second kappa shape index (κ2) is 11.6. The number of ether oxygens (including phenoxy) is 1. The number of carbonyl (C=O) groups excluding carboxylic acids is 2. The molecule has 1 spiro atoms.